The minimum atomic E-state index is -0.664. The molecule has 0 N–H and O–H groups in total. The van der Waals surface area contributed by atoms with Crippen LogP contribution in [0.2, 0.25) is 0 Å². The van der Waals surface area contributed by atoms with E-state index in [-0.39, 0.29) is 5.78 Å². The molecule has 24 heavy (non-hydrogen) atoms. The molecule has 2 aliphatic heterocycles. The van der Waals surface area contributed by atoms with Gasteiger partial charge in [0, 0.05) is 10.7 Å². The fraction of sp³-hybridized carbons (Fsp3) is 0.0952. The molecule has 2 aliphatic rings. The van der Waals surface area contributed by atoms with Gasteiger partial charge in [0.05, 0.1) is 11.3 Å². The predicted octanol–water partition coefficient (Wildman–Crippen LogP) is 5.04. The molecular formula is C21H16BrNO. The first-order valence-corrected chi connectivity index (χ1v) is 8.66. The molecule has 1 atom stereocenters. The largest absolute Gasteiger partial charge is 0.330 e. The number of benzene rings is 2. The van der Waals surface area contributed by atoms with Crippen LogP contribution in [0.1, 0.15) is 18.1 Å². The zero-order chi connectivity index (χ0) is 16.7. The molecule has 0 radical (unpaired) electrons. The first-order valence-electron chi connectivity index (χ1n) is 7.87. The number of allylic oxidation sites excluding steroid dienone is 2. The maximum Gasteiger partial charge on any atom is 0.195 e. The number of fused-ring (bicyclic) bond motifs is 1. The van der Waals surface area contributed by atoms with Crippen LogP contribution in [0.4, 0.5) is 0 Å². The Morgan fingerprint density at radius 2 is 1.62 bits per heavy atom. The quantitative estimate of drug-likeness (QED) is 0.730. The van der Waals surface area contributed by atoms with Gasteiger partial charge in [-0.3, -0.25) is 4.79 Å². The van der Waals surface area contributed by atoms with E-state index in [4.69, 9.17) is 0 Å². The van der Waals surface area contributed by atoms with Crippen molar-refractivity contribution in [2.45, 2.75) is 12.5 Å². The lowest BCUT2D eigenvalue weighted by Crippen LogP contribution is -2.43. The lowest BCUT2D eigenvalue weighted by atomic mass is 9.89. The van der Waals surface area contributed by atoms with E-state index >= 15 is 0 Å². The number of hydrogen-bond acceptors (Lipinski definition) is 2. The fourth-order valence-electron chi connectivity index (χ4n) is 3.35. The zero-order valence-corrected chi connectivity index (χ0v) is 14.8. The van der Waals surface area contributed by atoms with Crippen LogP contribution in [0.3, 0.4) is 0 Å². The van der Waals surface area contributed by atoms with E-state index < -0.39 is 5.54 Å². The van der Waals surface area contributed by atoms with Gasteiger partial charge < -0.3 is 4.90 Å². The highest BCUT2D eigenvalue weighted by molar-refractivity contribution is 9.10. The second-order valence-corrected chi connectivity index (χ2v) is 7.06. The van der Waals surface area contributed by atoms with E-state index in [0.717, 1.165) is 26.9 Å². The number of ketones is 1. The zero-order valence-electron chi connectivity index (χ0n) is 13.2. The maximum absolute atomic E-state index is 13.3. The highest BCUT2D eigenvalue weighted by atomic mass is 79.9. The average molecular weight is 378 g/mol. The number of rotatable bonds is 2. The van der Waals surface area contributed by atoms with Crippen LogP contribution >= 0.6 is 15.9 Å². The summed E-state index contributed by atoms with van der Waals surface area (Å²) >= 11 is 3.47. The summed E-state index contributed by atoms with van der Waals surface area (Å²) in [5.41, 5.74) is 3.06. The number of carbonyl (C=O) groups is 1. The summed E-state index contributed by atoms with van der Waals surface area (Å²) in [4.78, 5) is 15.4. The van der Waals surface area contributed by atoms with Crippen LogP contribution in [0.25, 0.3) is 11.3 Å². The summed E-state index contributed by atoms with van der Waals surface area (Å²) in [5, 5.41) is 0. The second kappa shape index (κ2) is 5.60. The summed E-state index contributed by atoms with van der Waals surface area (Å²) < 4.78 is 1.00. The van der Waals surface area contributed by atoms with Crippen LogP contribution < -0.4 is 0 Å². The summed E-state index contributed by atoms with van der Waals surface area (Å²) in [5.74, 6) is 0.129. The first kappa shape index (κ1) is 15.2. The van der Waals surface area contributed by atoms with Crippen molar-refractivity contribution in [3.05, 3.63) is 94.6 Å². The molecule has 0 aromatic heterocycles. The second-order valence-electron chi connectivity index (χ2n) is 6.14. The van der Waals surface area contributed by atoms with Gasteiger partial charge in [-0.1, -0.05) is 70.5 Å². The molecule has 4 rings (SSSR count). The standard InChI is InChI=1S/C21H16BrNO/c1-21-13-5-6-14-23(21)19(16-7-3-2-4-8-16)18(20(21)24)15-9-11-17(22)12-10-15/h2-14H,1H3. The van der Waals surface area contributed by atoms with Crippen molar-refractivity contribution in [3.8, 4) is 0 Å². The third-order valence-corrected chi connectivity index (χ3v) is 5.14. The van der Waals surface area contributed by atoms with E-state index in [9.17, 15) is 4.79 Å². The van der Waals surface area contributed by atoms with Gasteiger partial charge in [-0.05, 0) is 36.3 Å². The number of Topliss-reactive ketones (excluding diaryl/α,β-unsaturated/α-hetero) is 1. The Hall–Kier alpha value is -2.39. The van der Waals surface area contributed by atoms with Gasteiger partial charge >= 0.3 is 0 Å². The molecule has 0 amide bonds. The highest BCUT2D eigenvalue weighted by Gasteiger charge is 2.48. The van der Waals surface area contributed by atoms with E-state index in [1.807, 2.05) is 73.8 Å². The summed E-state index contributed by atoms with van der Waals surface area (Å²) in [6.45, 7) is 1.98. The molecule has 2 aromatic carbocycles. The van der Waals surface area contributed by atoms with E-state index in [2.05, 4.69) is 33.0 Å². The van der Waals surface area contributed by atoms with Gasteiger partial charge in [-0.2, -0.15) is 0 Å². The highest BCUT2D eigenvalue weighted by Crippen LogP contribution is 2.46. The van der Waals surface area contributed by atoms with Crippen molar-refractivity contribution >= 4 is 33.0 Å². The van der Waals surface area contributed by atoms with E-state index in [1.54, 1.807) is 0 Å². The van der Waals surface area contributed by atoms with Gasteiger partial charge in [0.1, 0.15) is 5.54 Å². The van der Waals surface area contributed by atoms with E-state index in [0.29, 0.717) is 0 Å². The van der Waals surface area contributed by atoms with Crippen LogP contribution in [-0.2, 0) is 4.79 Å². The molecule has 2 heterocycles. The Kier molecular flexibility index (Phi) is 3.54. The molecule has 3 heteroatoms. The molecule has 0 saturated carbocycles. The van der Waals surface area contributed by atoms with Gasteiger partial charge in [0.15, 0.2) is 5.78 Å². The number of carbonyl (C=O) groups excluding carboxylic acids is 1. The van der Waals surface area contributed by atoms with Crippen molar-refractivity contribution in [1.29, 1.82) is 0 Å². The van der Waals surface area contributed by atoms with Gasteiger partial charge in [0.2, 0.25) is 0 Å². The van der Waals surface area contributed by atoms with Crippen molar-refractivity contribution in [2.24, 2.45) is 0 Å². The third kappa shape index (κ3) is 2.20. The first-order chi connectivity index (χ1) is 11.6. The fourth-order valence-corrected chi connectivity index (χ4v) is 3.61. The van der Waals surface area contributed by atoms with Crippen LogP contribution in [-0.4, -0.2) is 16.2 Å². The normalized spacial score (nSPS) is 22.2. The van der Waals surface area contributed by atoms with E-state index in [1.165, 1.54) is 0 Å². The van der Waals surface area contributed by atoms with Gasteiger partial charge in [-0.15, -0.1) is 0 Å². The van der Waals surface area contributed by atoms with Crippen LogP contribution in [0.5, 0.6) is 0 Å². The summed E-state index contributed by atoms with van der Waals surface area (Å²) in [6, 6.07) is 18.1. The van der Waals surface area contributed by atoms with Gasteiger partial charge in [-0.25, -0.2) is 0 Å². The molecule has 1 unspecified atom stereocenters. The molecule has 2 nitrogen and oxygen atoms in total. The number of halogens is 1. The Bertz CT molecular complexity index is 893. The average Bonchev–Trinajstić information content (AvgIpc) is 2.85. The van der Waals surface area contributed by atoms with Crippen molar-refractivity contribution in [2.75, 3.05) is 0 Å². The topological polar surface area (TPSA) is 20.3 Å². The number of hydrogen-bond donors (Lipinski definition) is 0. The van der Waals surface area contributed by atoms with Crippen molar-refractivity contribution in [3.63, 3.8) is 0 Å². The van der Waals surface area contributed by atoms with Crippen molar-refractivity contribution < 1.29 is 4.79 Å². The Balaban J connectivity index is 1.99. The maximum atomic E-state index is 13.3. The smallest absolute Gasteiger partial charge is 0.195 e. The van der Waals surface area contributed by atoms with Gasteiger partial charge in [0.25, 0.3) is 0 Å². The minimum absolute atomic E-state index is 0.129. The molecule has 118 valence electrons. The predicted molar refractivity (Wildman–Crippen MR) is 101 cm³/mol. The van der Waals surface area contributed by atoms with Crippen LogP contribution in [0.15, 0.2) is 83.5 Å². The molecule has 0 aliphatic carbocycles. The van der Waals surface area contributed by atoms with Crippen LogP contribution in [0, 0.1) is 0 Å². The molecule has 0 saturated heterocycles. The minimum Gasteiger partial charge on any atom is -0.330 e. The molecule has 0 spiro atoms. The molecular weight excluding hydrogens is 362 g/mol. The molecule has 0 bridgehead atoms. The SMILES string of the molecule is CC12C=CC=CN1C(c1ccccc1)=C(c1ccc(Br)cc1)C2=O. The molecule has 2 aromatic rings. The lowest BCUT2D eigenvalue weighted by molar-refractivity contribution is -0.118. The van der Waals surface area contributed by atoms with Crippen molar-refractivity contribution in [1.82, 2.24) is 4.90 Å². The Morgan fingerprint density at radius 1 is 0.917 bits per heavy atom. The summed E-state index contributed by atoms with van der Waals surface area (Å²) in [6.07, 6.45) is 7.89. The number of nitrogens with zero attached hydrogens (tertiary/aromatic N) is 1. The molecule has 0 fully saturated rings. The Labute approximate surface area is 149 Å². The summed E-state index contributed by atoms with van der Waals surface area (Å²) in [7, 11) is 0. The Morgan fingerprint density at radius 3 is 2.33 bits per heavy atom. The third-order valence-electron chi connectivity index (χ3n) is 4.61. The lowest BCUT2D eigenvalue weighted by Gasteiger charge is -2.34. The monoisotopic (exact) mass is 377 g/mol.